The number of rotatable bonds is 7. The third-order valence-electron chi connectivity index (χ3n) is 6.63. The van der Waals surface area contributed by atoms with Crippen molar-refractivity contribution in [1.29, 1.82) is 0 Å². The molecule has 5 rings (SSSR count). The van der Waals surface area contributed by atoms with Gasteiger partial charge in [0.2, 0.25) is 0 Å². The summed E-state index contributed by atoms with van der Waals surface area (Å²) in [5.41, 5.74) is 4.58. The van der Waals surface area contributed by atoms with E-state index in [1.807, 2.05) is 42.9 Å². The van der Waals surface area contributed by atoms with Gasteiger partial charge in [0, 0.05) is 60.6 Å². The molecule has 8 nitrogen and oxygen atoms in total. The van der Waals surface area contributed by atoms with Gasteiger partial charge in [-0.1, -0.05) is 0 Å². The number of benzene rings is 1. The molecule has 4 heterocycles. The van der Waals surface area contributed by atoms with Gasteiger partial charge < -0.3 is 19.0 Å². The Morgan fingerprint density at radius 2 is 1.81 bits per heavy atom. The van der Waals surface area contributed by atoms with Crippen LogP contribution in [0.1, 0.15) is 41.4 Å². The summed E-state index contributed by atoms with van der Waals surface area (Å²) >= 11 is 0. The van der Waals surface area contributed by atoms with Crippen LogP contribution in [0.5, 0.6) is 5.75 Å². The number of aromatic hydroxyl groups is 1. The Labute approximate surface area is 222 Å². The number of phenols is 1. The van der Waals surface area contributed by atoms with E-state index in [1.54, 1.807) is 24.9 Å². The van der Waals surface area contributed by atoms with E-state index < -0.39 is 0 Å². The van der Waals surface area contributed by atoms with Gasteiger partial charge in [-0.2, -0.15) is 0 Å². The maximum Gasteiger partial charge on any atom is 0.340 e. The van der Waals surface area contributed by atoms with Gasteiger partial charge in [0.25, 0.3) is 0 Å². The molecule has 1 aliphatic rings. The summed E-state index contributed by atoms with van der Waals surface area (Å²) in [4.78, 5) is 24.0. The van der Waals surface area contributed by atoms with E-state index in [9.17, 15) is 9.90 Å². The van der Waals surface area contributed by atoms with Crippen LogP contribution in [0.4, 0.5) is 0 Å². The average Bonchev–Trinajstić information content (AvgIpc) is 3.59. The van der Waals surface area contributed by atoms with Crippen molar-refractivity contribution in [3.63, 3.8) is 0 Å². The number of carbonyl (C=O) groups is 1. The van der Waals surface area contributed by atoms with Gasteiger partial charge in [-0.15, -0.1) is 24.8 Å². The lowest BCUT2D eigenvalue weighted by Crippen LogP contribution is -2.22. The minimum absolute atomic E-state index is 0. The van der Waals surface area contributed by atoms with E-state index in [2.05, 4.69) is 19.4 Å². The normalized spacial score (nSPS) is 13.4. The number of halogens is 2. The molecule has 1 saturated heterocycles. The maximum atomic E-state index is 13.3. The number of nitrogens with zero attached hydrogens (tertiary/aromatic N) is 5. The van der Waals surface area contributed by atoms with E-state index in [1.165, 1.54) is 0 Å². The zero-order chi connectivity index (χ0) is 23.7. The van der Waals surface area contributed by atoms with Crippen molar-refractivity contribution in [2.45, 2.75) is 32.9 Å². The summed E-state index contributed by atoms with van der Waals surface area (Å²) in [6.07, 6.45) is 11.0. The van der Waals surface area contributed by atoms with Crippen molar-refractivity contribution in [1.82, 2.24) is 24.0 Å². The first-order valence-corrected chi connectivity index (χ1v) is 11.7. The predicted octanol–water partition coefficient (Wildman–Crippen LogP) is 4.81. The maximum absolute atomic E-state index is 13.3. The number of aryl methyl sites for hydroxylation is 1. The van der Waals surface area contributed by atoms with Gasteiger partial charge in [0.05, 0.1) is 30.6 Å². The van der Waals surface area contributed by atoms with Crippen molar-refractivity contribution in [2.24, 2.45) is 7.05 Å². The molecule has 4 aromatic rings. The van der Waals surface area contributed by atoms with Crippen LogP contribution in [-0.4, -0.2) is 54.8 Å². The summed E-state index contributed by atoms with van der Waals surface area (Å²) in [5.74, 6) is -0.207. The molecule has 192 valence electrons. The van der Waals surface area contributed by atoms with Gasteiger partial charge in [0.15, 0.2) is 0 Å². The Hall–Kier alpha value is -3.07. The molecule has 0 saturated carbocycles. The fraction of sp³-hybridized carbons (Fsp3) is 0.346. The molecule has 0 spiro atoms. The molecule has 10 heteroatoms. The molecule has 1 fully saturated rings. The summed E-state index contributed by atoms with van der Waals surface area (Å²) in [6.45, 7) is 5.17. The monoisotopic (exact) mass is 531 g/mol. The topological polar surface area (TPSA) is 85.4 Å². The summed E-state index contributed by atoms with van der Waals surface area (Å²) in [5, 5.41) is 12.3. The first-order chi connectivity index (χ1) is 16.6. The lowest BCUT2D eigenvalue weighted by molar-refractivity contribution is 0.0526. The minimum atomic E-state index is -0.356. The minimum Gasteiger partial charge on any atom is -0.507 e. The molecule has 3 aromatic heterocycles. The van der Waals surface area contributed by atoms with Gasteiger partial charge in [-0.25, -0.2) is 9.78 Å². The number of ether oxygens (including phenoxy) is 1. The van der Waals surface area contributed by atoms with E-state index >= 15 is 0 Å². The van der Waals surface area contributed by atoms with Crippen molar-refractivity contribution in [2.75, 3.05) is 19.7 Å². The highest BCUT2D eigenvalue weighted by molar-refractivity contribution is 6.09. The van der Waals surface area contributed by atoms with Crippen LogP contribution in [0.25, 0.3) is 22.0 Å². The fourth-order valence-electron chi connectivity index (χ4n) is 4.94. The standard InChI is InChI=1S/C26H29N5O3.2ClH/c1-3-34-26(33)24-22(16-30-11-4-5-12-30)29(2)21-14-19(18-6-8-27-9-7-18)25(32)20(23(21)24)15-31-13-10-28-17-31;;/h6-10,13-14,17,32H,3-5,11-12,15-16H2,1-2H3;2*1H. The van der Waals surface area contributed by atoms with Crippen LogP contribution < -0.4 is 0 Å². The lowest BCUT2D eigenvalue weighted by atomic mass is 9.96. The molecule has 0 aliphatic carbocycles. The molecule has 1 N–H and O–H groups in total. The highest BCUT2D eigenvalue weighted by Crippen LogP contribution is 2.42. The fourth-order valence-corrected chi connectivity index (χ4v) is 4.94. The van der Waals surface area contributed by atoms with Crippen LogP contribution in [0.3, 0.4) is 0 Å². The average molecular weight is 532 g/mol. The van der Waals surface area contributed by atoms with Crippen LogP contribution in [0, 0.1) is 0 Å². The Balaban J connectivity index is 0.00000180. The lowest BCUT2D eigenvalue weighted by Gasteiger charge is -2.16. The molecule has 0 amide bonds. The Kier molecular flexibility index (Phi) is 9.00. The van der Waals surface area contributed by atoms with E-state index in [4.69, 9.17) is 4.74 Å². The number of aromatic nitrogens is 4. The molecule has 36 heavy (non-hydrogen) atoms. The molecule has 0 radical (unpaired) electrons. The van der Waals surface area contributed by atoms with Crippen LogP contribution >= 0.6 is 24.8 Å². The zero-order valence-electron chi connectivity index (χ0n) is 20.4. The molecule has 1 aromatic carbocycles. The molecule has 0 atom stereocenters. The first kappa shape index (κ1) is 27.5. The zero-order valence-corrected chi connectivity index (χ0v) is 22.0. The Morgan fingerprint density at radius 1 is 1.08 bits per heavy atom. The SMILES string of the molecule is CCOC(=O)c1c(CN2CCCC2)n(C)c2cc(-c3ccncc3)c(O)c(Cn3ccnc3)c12.Cl.Cl. The van der Waals surface area contributed by atoms with Gasteiger partial charge >= 0.3 is 5.97 Å². The second-order valence-electron chi connectivity index (χ2n) is 8.70. The second-order valence-corrected chi connectivity index (χ2v) is 8.70. The van der Waals surface area contributed by atoms with E-state index in [0.717, 1.165) is 48.1 Å². The highest BCUT2D eigenvalue weighted by atomic mass is 35.5. The number of imidazole rings is 1. The van der Waals surface area contributed by atoms with E-state index in [0.29, 0.717) is 29.8 Å². The Morgan fingerprint density at radius 3 is 2.44 bits per heavy atom. The first-order valence-electron chi connectivity index (χ1n) is 11.7. The van der Waals surface area contributed by atoms with Gasteiger partial charge in [-0.3, -0.25) is 9.88 Å². The number of likely N-dealkylation sites (tertiary alicyclic amines) is 1. The summed E-state index contributed by atoms with van der Waals surface area (Å²) in [6, 6.07) is 5.72. The second kappa shape index (κ2) is 11.8. The van der Waals surface area contributed by atoms with Crippen molar-refractivity contribution >= 4 is 41.7 Å². The Bertz CT molecular complexity index is 1320. The largest absolute Gasteiger partial charge is 0.507 e. The van der Waals surface area contributed by atoms with Gasteiger partial charge in [0.1, 0.15) is 5.75 Å². The number of pyridine rings is 1. The van der Waals surface area contributed by atoms with Crippen LogP contribution in [0.2, 0.25) is 0 Å². The van der Waals surface area contributed by atoms with E-state index in [-0.39, 0.29) is 43.1 Å². The number of fused-ring (bicyclic) bond motifs is 1. The van der Waals surface area contributed by atoms with Gasteiger partial charge in [-0.05, 0) is 56.6 Å². The molecular weight excluding hydrogens is 501 g/mol. The summed E-state index contributed by atoms with van der Waals surface area (Å²) in [7, 11) is 1.99. The van der Waals surface area contributed by atoms with Crippen molar-refractivity contribution < 1.29 is 14.6 Å². The van der Waals surface area contributed by atoms with Crippen molar-refractivity contribution in [3.05, 3.63) is 66.1 Å². The molecule has 1 aliphatic heterocycles. The third kappa shape index (κ3) is 5.07. The number of phenolic OH excluding ortho intramolecular Hbond substituents is 1. The molecule has 0 bridgehead atoms. The quantitative estimate of drug-likeness (QED) is 0.344. The predicted molar refractivity (Wildman–Crippen MR) is 144 cm³/mol. The van der Waals surface area contributed by atoms with Crippen molar-refractivity contribution in [3.8, 4) is 16.9 Å². The molecule has 0 unspecified atom stereocenters. The van der Waals surface area contributed by atoms with Crippen LogP contribution in [-0.2, 0) is 24.9 Å². The number of hydrogen-bond acceptors (Lipinski definition) is 6. The smallest absolute Gasteiger partial charge is 0.340 e. The number of carbonyl (C=O) groups excluding carboxylic acids is 1. The molecular formula is C26H31Cl2N5O3. The third-order valence-corrected chi connectivity index (χ3v) is 6.63. The number of hydrogen-bond donors (Lipinski definition) is 1. The highest BCUT2D eigenvalue weighted by Gasteiger charge is 2.29. The number of esters is 1. The summed E-state index contributed by atoms with van der Waals surface area (Å²) < 4.78 is 9.50. The van der Waals surface area contributed by atoms with Crippen LogP contribution in [0.15, 0.2) is 49.3 Å².